The van der Waals surface area contributed by atoms with Crippen LogP contribution in [0.4, 0.5) is 0 Å². The van der Waals surface area contributed by atoms with Gasteiger partial charge in [-0.05, 0) is 68.0 Å². The molecular formula is C29H33ClN4O3. The number of halogens is 1. The minimum Gasteiger partial charge on any atom is -0.487 e. The quantitative estimate of drug-likeness (QED) is 0.462. The van der Waals surface area contributed by atoms with Crippen molar-refractivity contribution in [1.29, 1.82) is 0 Å². The molecule has 2 fully saturated rings. The van der Waals surface area contributed by atoms with Crippen LogP contribution in [0.3, 0.4) is 0 Å². The molecule has 2 aromatic heterocycles. The number of benzene rings is 1. The smallest absolute Gasteiger partial charge is 0.220 e. The fourth-order valence-corrected chi connectivity index (χ4v) is 5.71. The predicted molar refractivity (Wildman–Crippen MR) is 142 cm³/mol. The van der Waals surface area contributed by atoms with Gasteiger partial charge in [0.25, 0.3) is 0 Å². The van der Waals surface area contributed by atoms with Crippen LogP contribution in [0.15, 0.2) is 42.7 Å². The van der Waals surface area contributed by atoms with Crippen molar-refractivity contribution >= 4 is 11.6 Å². The summed E-state index contributed by atoms with van der Waals surface area (Å²) in [7, 11) is 0. The number of β-amino-alcohol motifs (C(OH)–C–C–N with tert-alkyl or cyclic N) is 1. The topological polar surface area (TPSA) is 80.6 Å². The maximum Gasteiger partial charge on any atom is 0.220 e. The Morgan fingerprint density at radius 3 is 2.70 bits per heavy atom. The molecule has 7 nitrogen and oxygen atoms in total. The van der Waals surface area contributed by atoms with Crippen LogP contribution in [-0.4, -0.2) is 62.9 Å². The summed E-state index contributed by atoms with van der Waals surface area (Å²) in [5.74, 6) is 2.87. The number of hydrogen-bond acceptors (Lipinski definition) is 7. The van der Waals surface area contributed by atoms with Crippen LogP contribution in [-0.2, 0) is 12.8 Å². The molecule has 3 aromatic rings. The number of aliphatic hydroxyl groups is 1. The first-order valence-corrected chi connectivity index (χ1v) is 13.6. The van der Waals surface area contributed by atoms with Crippen LogP contribution in [0.5, 0.6) is 11.6 Å². The first kappa shape index (κ1) is 24.6. The van der Waals surface area contributed by atoms with Gasteiger partial charge in [-0.15, -0.1) is 0 Å². The zero-order valence-corrected chi connectivity index (χ0v) is 22.0. The summed E-state index contributed by atoms with van der Waals surface area (Å²) in [6.45, 7) is 4.55. The molecule has 1 saturated carbocycles. The number of fused-ring (bicyclic) bond motifs is 1. The summed E-state index contributed by atoms with van der Waals surface area (Å²) < 4.78 is 12.5. The average Bonchev–Trinajstić information content (AvgIpc) is 3.65. The molecule has 1 spiro atoms. The Morgan fingerprint density at radius 2 is 1.95 bits per heavy atom. The highest BCUT2D eigenvalue weighted by Crippen LogP contribution is 2.42. The maximum absolute atomic E-state index is 10.9. The van der Waals surface area contributed by atoms with Crippen LogP contribution in [0, 0.1) is 12.8 Å². The van der Waals surface area contributed by atoms with E-state index in [4.69, 9.17) is 31.0 Å². The van der Waals surface area contributed by atoms with Crippen molar-refractivity contribution < 1.29 is 14.6 Å². The molecule has 3 aliphatic rings. The molecule has 37 heavy (non-hydrogen) atoms. The van der Waals surface area contributed by atoms with E-state index in [-0.39, 0.29) is 12.2 Å². The van der Waals surface area contributed by atoms with E-state index in [9.17, 15) is 5.11 Å². The summed E-state index contributed by atoms with van der Waals surface area (Å²) in [4.78, 5) is 15.9. The Morgan fingerprint density at radius 1 is 1.16 bits per heavy atom. The second-order valence-corrected chi connectivity index (χ2v) is 11.2. The lowest BCUT2D eigenvalue weighted by molar-refractivity contribution is -0.00232. The van der Waals surface area contributed by atoms with E-state index in [1.807, 2.05) is 37.3 Å². The van der Waals surface area contributed by atoms with E-state index < -0.39 is 6.10 Å². The number of rotatable bonds is 8. The minimum absolute atomic E-state index is 0.148. The monoisotopic (exact) mass is 520 g/mol. The van der Waals surface area contributed by atoms with Gasteiger partial charge in [-0.25, -0.2) is 4.98 Å². The molecule has 2 aliphatic heterocycles. The van der Waals surface area contributed by atoms with Gasteiger partial charge in [-0.2, -0.15) is 4.98 Å². The fourth-order valence-electron chi connectivity index (χ4n) is 5.51. The fraction of sp³-hybridized carbons (Fsp3) is 0.483. The lowest BCUT2D eigenvalue weighted by Gasteiger charge is -2.39. The summed E-state index contributed by atoms with van der Waals surface area (Å²) >= 11 is 6.18. The van der Waals surface area contributed by atoms with Crippen molar-refractivity contribution in [2.45, 2.75) is 57.2 Å². The standard InChI is InChI=1S/C29H33ClN4O3/c1-19-25(14-20-2-3-20)28(33-27(32-19)21-6-10-31-11-7-21)36-18-24(35)17-34-12-8-29(9-13-34)16-22-15-23(30)4-5-26(22)37-29/h4-7,10-11,15,20,24,35H,2-3,8-9,12-14,16-18H2,1H3/t24-/m0/s1. The number of pyridine rings is 1. The van der Waals surface area contributed by atoms with Crippen LogP contribution in [0.25, 0.3) is 11.4 Å². The summed E-state index contributed by atoms with van der Waals surface area (Å²) in [5, 5.41) is 11.6. The molecule has 4 heterocycles. The predicted octanol–water partition coefficient (Wildman–Crippen LogP) is 4.66. The van der Waals surface area contributed by atoms with Gasteiger partial charge in [0.1, 0.15) is 24.1 Å². The van der Waals surface area contributed by atoms with Crippen LogP contribution in [0.1, 0.15) is 42.5 Å². The number of piperidine rings is 1. The molecule has 1 atom stereocenters. The SMILES string of the molecule is Cc1nc(-c2ccncc2)nc(OC[C@@H](O)CN2CCC3(CC2)Cc2cc(Cl)ccc2O3)c1CC1CC1. The molecule has 0 amide bonds. The number of nitrogens with zero attached hydrogens (tertiary/aromatic N) is 4. The number of aryl methyl sites for hydroxylation is 1. The van der Waals surface area contributed by atoms with E-state index in [1.54, 1.807) is 12.4 Å². The first-order chi connectivity index (χ1) is 18.0. The summed E-state index contributed by atoms with van der Waals surface area (Å²) in [6.07, 6.45) is 9.04. The molecule has 0 radical (unpaired) electrons. The van der Waals surface area contributed by atoms with Gasteiger partial charge in [-0.1, -0.05) is 11.6 Å². The Bertz CT molecular complexity index is 1260. The molecule has 8 heteroatoms. The average molecular weight is 521 g/mol. The number of aromatic nitrogens is 3. The lowest BCUT2D eigenvalue weighted by Crippen LogP contribution is -2.49. The largest absolute Gasteiger partial charge is 0.487 e. The molecule has 1 N–H and O–H groups in total. The van der Waals surface area contributed by atoms with Crippen molar-refractivity contribution in [3.05, 3.63) is 64.6 Å². The highest BCUT2D eigenvalue weighted by atomic mass is 35.5. The Hall–Kier alpha value is -2.74. The summed E-state index contributed by atoms with van der Waals surface area (Å²) in [5.41, 5.74) is 3.96. The number of aliphatic hydroxyl groups excluding tert-OH is 1. The normalized spacial score (nSPS) is 19.4. The zero-order chi connectivity index (χ0) is 25.4. The van der Waals surface area contributed by atoms with Gasteiger partial charge in [0.05, 0.1) is 0 Å². The zero-order valence-electron chi connectivity index (χ0n) is 21.2. The minimum atomic E-state index is -0.608. The van der Waals surface area contributed by atoms with Crippen molar-refractivity contribution in [3.63, 3.8) is 0 Å². The summed E-state index contributed by atoms with van der Waals surface area (Å²) in [6, 6.07) is 9.69. The molecule has 0 bridgehead atoms. The molecule has 194 valence electrons. The second kappa shape index (κ2) is 10.2. The Balaban J connectivity index is 1.07. The molecule has 6 rings (SSSR count). The third-order valence-electron chi connectivity index (χ3n) is 7.81. The van der Waals surface area contributed by atoms with E-state index >= 15 is 0 Å². The molecule has 1 saturated heterocycles. The van der Waals surface area contributed by atoms with Gasteiger partial charge in [-0.3, -0.25) is 4.98 Å². The highest BCUT2D eigenvalue weighted by molar-refractivity contribution is 6.30. The van der Waals surface area contributed by atoms with Gasteiger partial charge in [0.15, 0.2) is 5.82 Å². The molecule has 1 aromatic carbocycles. The molecule has 1 aliphatic carbocycles. The molecule has 0 unspecified atom stereocenters. The second-order valence-electron chi connectivity index (χ2n) is 10.8. The Labute approximate surface area is 222 Å². The third kappa shape index (κ3) is 5.59. The number of likely N-dealkylation sites (tertiary alicyclic amines) is 1. The van der Waals surface area contributed by atoms with Gasteiger partial charge in [0.2, 0.25) is 5.88 Å². The van der Waals surface area contributed by atoms with Crippen molar-refractivity contribution in [3.8, 4) is 23.0 Å². The maximum atomic E-state index is 10.9. The first-order valence-electron chi connectivity index (χ1n) is 13.2. The lowest BCUT2D eigenvalue weighted by atomic mass is 9.87. The van der Waals surface area contributed by atoms with Crippen molar-refractivity contribution in [2.75, 3.05) is 26.2 Å². The third-order valence-corrected chi connectivity index (χ3v) is 8.05. The van der Waals surface area contributed by atoms with Crippen molar-refractivity contribution in [2.24, 2.45) is 5.92 Å². The van der Waals surface area contributed by atoms with Crippen molar-refractivity contribution in [1.82, 2.24) is 19.9 Å². The number of ether oxygens (including phenoxy) is 2. The number of hydrogen-bond donors (Lipinski definition) is 1. The van der Waals surface area contributed by atoms with Crippen LogP contribution >= 0.6 is 11.6 Å². The van der Waals surface area contributed by atoms with Gasteiger partial charge in [0, 0.05) is 73.1 Å². The van der Waals surface area contributed by atoms with Crippen LogP contribution < -0.4 is 9.47 Å². The van der Waals surface area contributed by atoms with Crippen LogP contribution in [0.2, 0.25) is 5.02 Å². The van der Waals surface area contributed by atoms with Gasteiger partial charge < -0.3 is 19.5 Å². The van der Waals surface area contributed by atoms with E-state index in [0.717, 1.165) is 66.4 Å². The van der Waals surface area contributed by atoms with E-state index in [0.29, 0.717) is 24.2 Å². The Kier molecular flexibility index (Phi) is 6.78. The van der Waals surface area contributed by atoms with E-state index in [2.05, 4.69) is 9.88 Å². The van der Waals surface area contributed by atoms with E-state index in [1.165, 1.54) is 18.4 Å². The van der Waals surface area contributed by atoms with Gasteiger partial charge >= 0.3 is 0 Å². The highest BCUT2D eigenvalue weighted by Gasteiger charge is 2.42. The molecular weight excluding hydrogens is 488 g/mol.